The first-order valence-electron chi connectivity index (χ1n) is 10.1. The molecule has 148 valence electrons. The van der Waals surface area contributed by atoms with E-state index in [0.29, 0.717) is 0 Å². The lowest BCUT2D eigenvalue weighted by Gasteiger charge is -2.32. The van der Waals surface area contributed by atoms with Crippen molar-refractivity contribution in [1.82, 2.24) is 9.97 Å². The van der Waals surface area contributed by atoms with Crippen LogP contribution in [-0.2, 0) is 6.42 Å². The first-order valence-corrected chi connectivity index (χ1v) is 10.1. The lowest BCUT2D eigenvalue weighted by molar-refractivity contribution is 0.174. The number of nitrogens with zero attached hydrogens (tertiary/aromatic N) is 3. The van der Waals surface area contributed by atoms with Crippen LogP contribution in [0, 0.1) is 5.92 Å². The highest BCUT2D eigenvalue weighted by atomic mass is 16.7. The molecule has 0 unspecified atom stereocenters. The molecule has 6 heteroatoms. The summed E-state index contributed by atoms with van der Waals surface area (Å²) in [6.07, 6.45) is 5.30. The first-order chi connectivity index (χ1) is 14.3. The fourth-order valence-corrected chi connectivity index (χ4v) is 3.98. The SMILES string of the molecule is c1ccc(CC2CCN(c3nccc(Nc4ccc5c(c4)OCO5)n3)CC2)cc1. The Kier molecular flexibility index (Phi) is 4.90. The molecule has 29 heavy (non-hydrogen) atoms. The largest absolute Gasteiger partial charge is 0.454 e. The van der Waals surface area contributed by atoms with Crippen molar-refractivity contribution in [3.05, 3.63) is 66.4 Å². The van der Waals surface area contributed by atoms with Gasteiger partial charge in [0.2, 0.25) is 12.7 Å². The summed E-state index contributed by atoms with van der Waals surface area (Å²) < 4.78 is 10.8. The van der Waals surface area contributed by atoms with E-state index in [9.17, 15) is 0 Å². The van der Waals surface area contributed by atoms with Gasteiger partial charge in [0.05, 0.1) is 0 Å². The third-order valence-electron chi connectivity index (χ3n) is 5.55. The molecular weight excluding hydrogens is 364 g/mol. The molecule has 5 rings (SSSR count). The van der Waals surface area contributed by atoms with Crippen molar-refractivity contribution >= 4 is 17.5 Å². The predicted molar refractivity (Wildman–Crippen MR) is 113 cm³/mol. The summed E-state index contributed by atoms with van der Waals surface area (Å²) >= 11 is 0. The fourth-order valence-electron chi connectivity index (χ4n) is 3.98. The quantitative estimate of drug-likeness (QED) is 0.699. The standard InChI is InChI=1S/C23H24N4O2/c1-2-4-17(5-3-1)14-18-9-12-27(13-10-18)23-24-11-8-22(26-23)25-19-6-7-20-21(15-19)29-16-28-20/h1-8,11,15,18H,9-10,12-14,16H2,(H,24,25,26). The maximum absolute atomic E-state index is 5.45. The van der Waals surface area contributed by atoms with Crippen molar-refractivity contribution in [2.45, 2.75) is 19.3 Å². The van der Waals surface area contributed by atoms with Gasteiger partial charge in [-0.3, -0.25) is 0 Å². The van der Waals surface area contributed by atoms with Gasteiger partial charge in [0.25, 0.3) is 0 Å². The van der Waals surface area contributed by atoms with Crippen LogP contribution in [0.2, 0.25) is 0 Å². The van der Waals surface area contributed by atoms with Crippen LogP contribution >= 0.6 is 0 Å². The molecule has 0 radical (unpaired) electrons. The third kappa shape index (κ3) is 4.11. The van der Waals surface area contributed by atoms with E-state index in [0.717, 1.165) is 67.2 Å². The van der Waals surface area contributed by atoms with Crippen molar-refractivity contribution in [2.75, 3.05) is 30.1 Å². The van der Waals surface area contributed by atoms with Gasteiger partial charge in [0, 0.05) is 31.0 Å². The number of aromatic nitrogens is 2. The second-order valence-corrected chi connectivity index (χ2v) is 7.56. The van der Waals surface area contributed by atoms with E-state index in [1.807, 2.05) is 30.5 Å². The second-order valence-electron chi connectivity index (χ2n) is 7.56. The highest BCUT2D eigenvalue weighted by molar-refractivity contribution is 5.62. The summed E-state index contributed by atoms with van der Waals surface area (Å²) in [7, 11) is 0. The summed E-state index contributed by atoms with van der Waals surface area (Å²) in [5.41, 5.74) is 2.34. The molecule has 0 saturated carbocycles. The molecule has 0 bridgehead atoms. The summed E-state index contributed by atoms with van der Waals surface area (Å²) in [6, 6.07) is 18.5. The molecule has 0 amide bonds. The number of hydrogen-bond acceptors (Lipinski definition) is 6. The van der Waals surface area contributed by atoms with Crippen LogP contribution < -0.4 is 19.7 Å². The summed E-state index contributed by atoms with van der Waals surface area (Å²) in [6.45, 7) is 2.26. The topological polar surface area (TPSA) is 59.5 Å². The van der Waals surface area contributed by atoms with Gasteiger partial charge >= 0.3 is 0 Å². The third-order valence-corrected chi connectivity index (χ3v) is 5.55. The van der Waals surface area contributed by atoms with Crippen LogP contribution in [0.1, 0.15) is 18.4 Å². The number of anilines is 3. The number of piperidine rings is 1. The number of ether oxygens (including phenoxy) is 2. The molecule has 3 heterocycles. The molecule has 2 aliphatic rings. The zero-order valence-corrected chi connectivity index (χ0v) is 16.3. The van der Waals surface area contributed by atoms with Crippen molar-refractivity contribution in [1.29, 1.82) is 0 Å². The number of hydrogen-bond donors (Lipinski definition) is 1. The van der Waals surface area contributed by atoms with E-state index < -0.39 is 0 Å². The van der Waals surface area contributed by atoms with Gasteiger partial charge in [-0.2, -0.15) is 4.98 Å². The Morgan fingerprint density at radius 3 is 2.66 bits per heavy atom. The van der Waals surface area contributed by atoms with E-state index in [1.165, 1.54) is 5.56 Å². The van der Waals surface area contributed by atoms with Crippen LogP contribution in [0.25, 0.3) is 0 Å². The average Bonchev–Trinajstić information content (AvgIpc) is 3.23. The molecule has 2 aliphatic heterocycles. The van der Waals surface area contributed by atoms with E-state index in [2.05, 4.69) is 45.5 Å². The van der Waals surface area contributed by atoms with Crippen LogP contribution in [0.4, 0.5) is 17.5 Å². The zero-order chi connectivity index (χ0) is 19.5. The van der Waals surface area contributed by atoms with Gasteiger partial charge in [-0.15, -0.1) is 0 Å². The molecule has 0 atom stereocenters. The van der Waals surface area contributed by atoms with Gasteiger partial charge < -0.3 is 19.7 Å². The maximum atomic E-state index is 5.45. The Morgan fingerprint density at radius 1 is 0.966 bits per heavy atom. The van der Waals surface area contributed by atoms with Gasteiger partial charge in [0.1, 0.15) is 5.82 Å². The first kappa shape index (κ1) is 17.8. The minimum absolute atomic E-state index is 0.274. The summed E-state index contributed by atoms with van der Waals surface area (Å²) in [4.78, 5) is 11.5. The lowest BCUT2D eigenvalue weighted by atomic mass is 9.90. The van der Waals surface area contributed by atoms with Crippen LogP contribution in [0.15, 0.2) is 60.8 Å². The number of benzene rings is 2. The van der Waals surface area contributed by atoms with Gasteiger partial charge in [-0.25, -0.2) is 4.98 Å². The Bertz CT molecular complexity index is 972. The molecule has 1 N–H and O–H groups in total. The number of rotatable bonds is 5. The normalized spacial score (nSPS) is 16.1. The van der Waals surface area contributed by atoms with Gasteiger partial charge in [-0.05, 0) is 48.9 Å². The van der Waals surface area contributed by atoms with Gasteiger partial charge in [0.15, 0.2) is 11.5 Å². The van der Waals surface area contributed by atoms with E-state index in [-0.39, 0.29) is 6.79 Å². The molecule has 1 saturated heterocycles. The van der Waals surface area contributed by atoms with E-state index >= 15 is 0 Å². The second kappa shape index (κ2) is 7.99. The molecule has 1 fully saturated rings. The average molecular weight is 388 g/mol. The monoisotopic (exact) mass is 388 g/mol. The van der Waals surface area contributed by atoms with E-state index in [4.69, 9.17) is 14.5 Å². The maximum Gasteiger partial charge on any atom is 0.231 e. The summed E-state index contributed by atoms with van der Waals surface area (Å²) in [5.74, 6) is 3.82. The molecule has 2 aromatic carbocycles. The highest BCUT2D eigenvalue weighted by Crippen LogP contribution is 2.35. The minimum Gasteiger partial charge on any atom is -0.454 e. The lowest BCUT2D eigenvalue weighted by Crippen LogP contribution is -2.35. The number of nitrogens with one attached hydrogen (secondary N) is 1. The molecule has 0 spiro atoms. The Hall–Kier alpha value is -3.28. The van der Waals surface area contributed by atoms with Crippen LogP contribution in [0.5, 0.6) is 11.5 Å². The molecule has 0 aliphatic carbocycles. The minimum atomic E-state index is 0.274. The zero-order valence-electron chi connectivity index (χ0n) is 16.3. The van der Waals surface area contributed by atoms with Crippen LogP contribution in [-0.4, -0.2) is 29.9 Å². The highest BCUT2D eigenvalue weighted by Gasteiger charge is 2.21. The molecule has 1 aromatic heterocycles. The smallest absolute Gasteiger partial charge is 0.231 e. The molecular formula is C23H24N4O2. The van der Waals surface area contributed by atoms with Crippen molar-refractivity contribution in [3.8, 4) is 11.5 Å². The van der Waals surface area contributed by atoms with Crippen LogP contribution in [0.3, 0.4) is 0 Å². The predicted octanol–water partition coefficient (Wildman–Crippen LogP) is 4.41. The van der Waals surface area contributed by atoms with E-state index in [1.54, 1.807) is 0 Å². The Balaban J connectivity index is 1.21. The molecule has 6 nitrogen and oxygen atoms in total. The van der Waals surface area contributed by atoms with Gasteiger partial charge in [-0.1, -0.05) is 30.3 Å². The summed E-state index contributed by atoms with van der Waals surface area (Å²) in [5, 5.41) is 3.34. The van der Waals surface area contributed by atoms with Crippen molar-refractivity contribution in [3.63, 3.8) is 0 Å². The van der Waals surface area contributed by atoms with Crippen molar-refractivity contribution in [2.24, 2.45) is 5.92 Å². The number of fused-ring (bicyclic) bond motifs is 1. The Morgan fingerprint density at radius 2 is 1.79 bits per heavy atom. The fraction of sp³-hybridized carbons (Fsp3) is 0.304. The molecule has 3 aromatic rings. The Labute approximate surface area is 170 Å². The van der Waals surface area contributed by atoms with Crippen molar-refractivity contribution < 1.29 is 9.47 Å².